The molecule has 0 fully saturated rings. The lowest BCUT2D eigenvalue weighted by atomic mass is 10.2. The smallest absolute Gasteiger partial charge is 0.256 e. The van der Waals surface area contributed by atoms with Gasteiger partial charge in [-0.15, -0.1) is 10.2 Å². The van der Waals surface area contributed by atoms with E-state index in [1.807, 2.05) is 31.2 Å². The van der Waals surface area contributed by atoms with Crippen LogP contribution in [0.4, 0.5) is 17.3 Å². The van der Waals surface area contributed by atoms with Gasteiger partial charge in [0.15, 0.2) is 11.6 Å². The van der Waals surface area contributed by atoms with Crippen LogP contribution in [0.3, 0.4) is 0 Å². The van der Waals surface area contributed by atoms with Crippen LogP contribution in [0.1, 0.15) is 17.3 Å². The fourth-order valence-electron chi connectivity index (χ4n) is 2.37. The molecule has 1 amide bonds. The van der Waals surface area contributed by atoms with Gasteiger partial charge in [-0.25, -0.2) is 0 Å². The minimum absolute atomic E-state index is 0.282. The molecule has 1 aromatic heterocycles. The van der Waals surface area contributed by atoms with Crippen molar-refractivity contribution in [1.29, 1.82) is 0 Å². The summed E-state index contributed by atoms with van der Waals surface area (Å²) in [4.78, 5) is 12.3. The van der Waals surface area contributed by atoms with E-state index in [4.69, 9.17) is 9.47 Å². The van der Waals surface area contributed by atoms with E-state index in [-0.39, 0.29) is 5.91 Å². The summed E-state index contributed by atoms with van der Waals surface area (Å²) in [5, 5.41) is 14.0. The fourth-order valence-corrected chi connectivity index (χ4v) is 2.37. The van der Waals surface area contributed by atoms with Gasteiger partial charge in [0.2, 0.25) is 0 Å². The number of nitrogens with one attached hydrogen (secondary N) is 2. The van der Waals surface area contributed by atoms with Crippen LogP contribution in [0.2, 0.25) is 0 Å². The van der Waals surface area contributed by atoms with Crippen LogP contribution >= 0.6 is 0 Å². The fraction of sp³-hybridized carbons (Fsp3) is 0.150. The molecular formula is C20H20N4O3. The lowest BCUT2D eigenvalue weighted by Gasteiger charge is -2.08. The molecule has 1 heterocycles. The summed E-state index contributed by atoms with van der Waals surface area (Å²) < 4.78 is 10.5. The number of aromatic nitrogens is 2. The molecule has 7 heteroatoms. The second-order valence-corrected chi connectivity index (χ2v) is 5.57. The predicted molar refractivity (Wildman–Crippen MR) is 104 cm³/mol. The Bertz CT molecular complexity index is 896. The molecule has 3 aromatic rings. The highest BCUT2D eigenvalue weighted by Gasteiger charge is 2.08. The molecule has 138 valence electrons. The van der Waals surface area contributed by atoms with E-state index >= 15 is 0 Å². The summed E-state index contributed by atoms with van der Waals surface area (Å²) in [7, 11) is 1.55. The molecule has 0 aliphatic rings. The van der Waals surface area contributed by atoms with Crippen LogP contribution in [0.5, 0.6) is 11.5 Å². The molecule has 7 nitrogen and oxygen atoms in total. The minimum atomic E-state index is -0.282. The maximum atomic E-state index is 12.3. The molecule has 0 radical (unpaired) electrons. The van der Waals surface area contributed by atoms with Gasteiger partial charge in [0.1, 0.15) is 11.5 Å². The lowest BCUT2D eigenvalue weighted by Crippen LogP contribution is -2.13. The maximum Gasteiger partial charge on any atom is 0.256 e. The third-order valence-corrected chi connectivity index (χ3v) is 3.68. The van der Waals surface area contributed by atoms with Crippen molar-refractivity contribution in [2.45, 2.75) is 6.92 Å². The van der Waals surface area contributed by atoms with Crippen LogP contribution in [0, 0.1) is 0 Å². The third-order valence-electron chi connectivity index (χ3n) is 3.68. The first-order valence-electron chi connectivity index (χ1n) is 8.47. The van der Waals surface area contributed by atoms with E-state index in [0.29, 0.717) is 29.6 Å². The second-order valence-electron chi connectivity index (χ2n) is 5.57. The Morgan fingerprint density at radius 3 is 2.37 bits per heavy atom. The van der Waals surface area contributed by atoms with Crippen LogP contribution in [0.15, 0.2) is 60.7 Å². The lowest BCUT2D eigenvalue weighted by molar-refractivity contribution is 0.102. The van der Waals surface area contributed by atoms with Crippen LogP contribution in [-0.4, -0.2) is 29.8 Å². The van der Waals surface area contributed by atoms with Crippen molar-refractivity contribution in [1.82, 2.24) is 10.2 Å². The zero-order valence-electron chi connectivity index (χ0n) is 15.1. The Morgan fingerprint density at radius 2 is 1.70 bits per heavy atom. The highest BCUT2D eigenvalue weighted by atomic mass is 16.5. The predicted octanol–water partition coefficient (Wildman–Crippen LogP) is 3.88. The quantitative estimate of drug-likeness (QED) is 0.662. The number of rotatable bonds is 7. The Labute approximate surface area is 157 Å². The standard InChI is InChI=1S/C20H20N4O3/c1-3-27-16-9-7-15(8-10-16)21-18-11-12-19(24-23-18)22-20(25)14-5-4-6-17(13-14)26-2/h4-13H,3H2,1-2H3,(H,21,23)(H,22,24,25). The normalized spacial score (nSPS) is 10.1. The van der Waals surface area contributed by atoms with E-state index in [0.717, 1.165) is 11.4 Å². The van der Waals surface area contributed by atoms with Crippen molar-refractivity contribution < 1.29 is 14.3 Å². The van der Waals surface area contributed by atoms with Crippen LogP contribution < -0.4 is 20.1 Å². The van der Waals surface area contributed by atoms with Gasteiger partial charge in [0, 0.05) is 11.3 Å². The van der Waals surface area contributed by atoms with Gasteiger partial charge in [-0.2, -0.15) is 0 Å². The molecular weight excluding hydrogens is 344 g/mol. The molecule has 0 spiro atoms. The Hall–Kier alpha value is -3.61. The largest absolute Gasteiger partial charge is 0.497 e. The van der Waals surface area contributed by atoms with Crippen molar-refractivity contribution in [2.24, 2.45) is 0 Å². The third kappa shape index (κ3) is 4.94. The number of carbonyl (C=O) groups is 1. The molecule has 2 aromatic carbocycles. The number of benzene rings is 2. The van der Waals surface area contributed by atoms with Crippen molar-refractivity contribution in [2.75, 3.05) is 24.4 Å². The molecule has 0 atom stereocenters. The Balaban J connectivity index is 1.61. The van der Waals surface area contributed by atoms with Crippen LogP contribution in [-0.2, 0) is 0 Å². The van der Waals surface area contributed by atoms with Crippen molar-refractivity contribution in [3.8, 4) is 11.5 Å². The van der Waals surface area contributed by atoms with Gasteiger partial charge in [-0.1, -0.05) is 6.07 Å². The summed E-state index contributed by atoms with van der Waals surface area (Å²) >= 11 is 0. The number of methoxy groups -OCH3 is 1. The SMILES string of the molecule is CCOc1ccc(Nc2ccc(NC(=O)c3cccc(OC)c3)nn2)cc1. The number of carbonyl (C=O) groups excluding carboxylic acids is 1. The van der Waals surface area contributed by atoms with Gasteiger partial charge < -0.3 is 20.1 Å². The zero-order valence-corrected chi connectivity index (χ0v) is 15.1. The molecule has 0 bridgehead atoms. The van der Waals surface area contributed by atoms with Gasteiger partial charge >= 0.3 is 0 Å². The van der Waals surface area contributed by atoms with E-state index in [1.54, 1.807) is 43.5 Å². The van der Waals surface area contributed by atoms with Crippen LogP contribution in [0.25, 0.3) is 0 Å². The highest BCUT2D eigenvalue weighted by molar-refractivity contribution is 6.03. The highest BCUT2D eigenvalue weighted by Crippen LogP contribution is 2.19. The summed E-state index contributed by atoms with van der Waals surface area (Å²) in [5.74, 6) is 2.07. The Kier molecular flexibility index (Phi) is 5.84. The van der Waals surface area contributed by atoms with Gasteiger partial charge in [0.25, 0.3) is 5.91 Å². The van der Waals surface area contributed by atoms with Crippen molar-refractivity contribution in [3.05, 3.63) is 66.2 Å². The number of nitrogens with zero attached hydrogens (tertiary/aromatic N) is 2. The maximum absolute atomic E-state index is 12.3. The molecule has 0 unspecified atom stereocenters. The number of hydrogen-bond donors (Lipinski definition) is 2. The van der Waals surface area contributed by atoms with E-state index in [1.165, 1.54) is 0 Å². The number of ether oxygens (including phenoxy) is 2. The molecule has 27 heavy (non-hydrogen) atoms. The second kappa shape index (κ2) is 8.66. The first kappa shape index (κ1) is 18.2. The molecule has 0 aliphatic heterocycles. The molecule has 0 saturated carbocycles. The average molecular weight is 364 g/mol. The van der Waals surface area contributed by atoms with E-state index in [2.05, 4.69) is 20.8 Å². The van der Waals surface area contributed by atoms with Gasteiger partial charge in [0.05, 0.1) is 13.7 Å². The number of hydrogen-bond acceptors (Lipinski definition) is 6. The van der Waals surface area contributed by atoms with Gasteiger partial charge in [-0.3, -0.25) is 4.79 Å². The van der Waals surface area contributed by atoms with E-state index < -0.39 is 0 Å². The van der Waals surface area contributed by atoms with Gasteiger partial charge in [-0.05, 0) is 61.5 Å². The summed E-state index contributed by atoms with van der Waals surface area (Å²) in [6, 6.07) is 17.9. The summed E-state index contributed by atoms with van der Waals surface area (Å²) in [6.07, 6.45) is 0. The monoisotopic (exact) mass is 364 g/mol. The first-order valence-corrected chi connectivity index (χ1v) is 8.47. The molecule has 0 aliphatic carbocycles. The summed E-state index contributed by atoms with van der Waals surface area (Å²) in [5.41, 5.74) is 1.34. The minimum Gasteiger partial charge on any atom is -0.497 e. The average Bonchev–Trinajstić information content (AvgIpc) is 2.71. The Morgan fingerprint density at radius 1 is 0.963 bits per heavy atom. The van der Waals surface area contributed by atoms with Crippen molar-refractivity contribution >= 4 is 23.2 Å². The molecule has 3 rings (SSSR count). The number of amides is 1. The molecule has 2 N–H and O–H groups in total. The van der Waals surface area contributed by atoms with Crippen molar-refractivity contribution in [3.63, 3.8) is 0 Å². The zero-order chi connectivity index (χ0) is 19.1. The van der Waals surface area contributed by atoms with E-state index in [9.17, 15) is 4.79 Å². The summed E-state index contributed by atoms with van der Waals surface area (Å²) in [6.45, 7) is 2.57. The molecule has 0 saturated heterocycles. The topological polar surface area (TPSA) is 85.4 Å². The first-order chi connectivity index (χ1) is 13.2. The number of anilines is 3.